The van der Waals surface area contributed by atoms with Gasteiger partial charge in [0.05, 0.1) is 22.0 Å². The van der Waals surface area contributed by atoms with E-state index in [0.717, 1.165) is 53.8 Å². The number of nitrogens with one attached hydrogen (secondary N) is 1. The molecule has 0 bridgehead atoms. The van der Waals surface area contributed by atoms with Crippen molar-refractivity contribution in [3.05, 3.63) is 63.6 Å². The molecule has 0 spiro atoms. The number of carbonyl (C=O) groups excluding carboxylic acids is 2. The van der Waals surface area contributed by atoms with Gasteiger partial charge in [0.25, 0.3) is 0 Å². The summed E-state index contributed by atoms with van der Waals surface area (Å²) in [7, 11) is -3.84. The summed E-state index contributed by atoms with van der Waals surface area (Å²) in [6.07, 6.45) is 6.16. The van der Waals surface area contributed by atoms with Crippen LogP contribution in [0.1, 0.15) is 50.2 Å². The maximum absolute atomic E-state index is 13.6. The summed E-state index contributed by atoms with van der Waals surface area (Å²) in [6.45, 7) is 3.31. The fourth-order valence-electron chi connectivity index (χ4n) is 4.41. The van der Waals surface area contributed by atoms with Crippen molar-refractivity contribution in [1.29, 1.82) is 0 Å². The molecule has 1 aliphatic carbocycles. The quantitative estimate of drug-likeness (QED) is 0.476. The predicted octanol–water partition coefficient (Wildman–Crippen LogP) is 4.93. The number of hydrogen-bond donors (Lipinski definition) is 1. The van der Waals surface area contributed by atoms with E-state index in [0.29, 0.717) is 0 Å². The largest absolute Gasteiger partial charge is 0.352 e. The molecule has 0 unspecified atom stereocenters. The molecule has 0 aromatic heterocycles. The van der Waals surface area contributed by atoms with Gasteiger partial charge in [0.2, 0.25) is 21.8 Å². The highest BCUT2D eigenvalue weighted by Gasteiger charge is 2.31. The van der Waals surface area contributed by atoms with E-state index in [2.05, 4.69) is 5.32 Å². The van der Waals surface area contributed by atoms with Crippen molar-refractivity contribution in [1.82, 2.24) is 10.2 Å². The molecule has 2 aromatic carbocycles. The number of sulfonamides is 1. The van der Waals surface area contributed by atoms with E-state index >= 15 is 0 Å². The number of carbonyl (C=O) groups is 2. The van der Waals surface area contributed by atoms with Crippen LogP contribution in [0, 0.1) is 6.92 Å². The number of amides is 2. The molecule has 1 atom stereocenters. The van der Waals surface area contributed by atoms with Crippen LogP contribution < -0.4 is 9.62 Å². The molecule has 36 heavy (non-hydrogen) atoms. The number of anilines is 1. The molecule has 1 aliphatic rings. The van der Waals surface area contributed by atoms with Gasteiger partial charge in [-0.1, -0.05) is 72.3 Å². The first-order chi connectivity index (χ1) is 17.0. The lowest BCUT2D eigenvalue weighted by atomic mass is 9.95. The highest BCUT2D eigenvalue weighted by molar-refractivity contribution is 7.92. The Morgan fingerprint density at radius 1 is 1.06 bits per heavy atom. The molecule has 0 saturated heterocycles. The Morgan fingerprint density at radius 3 is 2.36 bits per heavy atom. The summed E-state index contributed by atoms with van der Waals surface area (Å²) in [5, 5.41) is 3.53. The minimum Gasteiger partial charge on any atom is -0.352 e. The van der Waals surface area contributed by atoms with Crippen LogP contribution in [0.25, 0.3) is 0 Å². The van der Waals surface area contributed by atoms with Gasteiger partial charge in [-0.3, -0.25) is 13.9 Å². The molecule has 2 aromatic rings. The van der Waals surface area contributed by atoms with E-state index in [-0.39, 0.29) is 34.2 Å². The maximum Gasteiger partial charge on any atom is 0.244 e. The van der Waals surface area contributed by atoms with E-state index in [4.69, 9.17) is 23.2 Å². The molecule has 1 N–H and O–H groups in total. The van der Waals surface area contributed by atoms with Gasteiger partial charge in [-0.2, -0.15) is 0 Å². The van der Waals surface area contributed by atoms with Crippen LogP contribution in [0.2, 0.25) is 10.0 Å². The molecule has 0 aliphatic heterocycles. The van der Waals surface area contributed by atoms with Crippen LogP contribution in [0.4, 0.5) is 5.69 Å². The summed E-state index contributed by atoms with van der Waals surface area (Å²) in [5.41, 5.74) is 2.09. The Labute approximate surface area is 223 Å². The molecule has 196 valence electrons. The van der Waals surface area contributed by atoms with Crippen LogP contribution in [0.5, 0.6) is 0 Å². The van der Waals surface area contributed by atoms with Gasteiger partial charge in [0, 0.05) is 12.6 Å². The van der Waals surface area contributed by atoms with Gasteiger partial charge < -0.3 is 10.2 Å². The average molecular weight is 555 g/mol. The van der Waals surface area contributed by atoms with Crippen molar-refractivity contribution < 1.29 is 18.0 Å². The van der Waals surface area contributed by atoms with Crippen LogP contribution in [0.15, 0.2) is 42.5 Å². The third-order valence-corrected chi connectivity index (χ3v) is 8.30. The summed E-state index contributed by atoms with van der Waals surface area (Å²) in [6, 6.07) is 11.3. The van der Waals surface area contributed by atoms with Crippen molar-refractivity contribution in [2.45, 2.75) is 64.6 Å². The molecule has 0 radical (unpaired) electrons. The minimum absolute atomic E-state index is 0.0911. The number of hydrogen-bond acceptors (Lipinski definition) is 4. The Morgan fingerprint density at radius 2 is 1.75 bits per heavy atom. The van der Waals surface area contributed by atoms with Gasteiger partial charge in [0.1, 0.15) is 12.6 Å². The number of rotatable bonds is 9. The zero-order valence-electron chi connectivity index (χ0n) is 20.8. The minimum atomic E-state index is -3.84. The SMILES string of the molecule is Cc1cccc(CN(C(=O)CN(c2ccc(Cl)c(Cl)c2)S(C)(=O)=O)[C@@H](C)C(=O)NC2CCCCC2)c1. The number of halogens is 2. The predicted molar refractivity (Wildman–Crippen MR) is 145 cm³/mol. The summed E-state index contributed by atoms with van der Waals surface area (Å²) in [5.74, 6) is -0.748. The molecule has 7 nitrogen and oxygen atoms in total. The monoisotopic (exact) mass is 553 g/mol. The van der Waals surface area contributed by atoms with E-state index in [1.54, 1.807) is 6.92 Å². The molecular formula is C26H33Cl2N3O4S. The van der Waals surface area contributed by atoms with Crippen molar-refractivity contribution in [3.8, 4) is 0 Å². The summed E-state index contributed by atoms with van der Waals surface area (Å²) in [4.78, 5) is 28.2. The second kappa shape index (κ2) is 12.3. The Balaban J connectivity index is 1.88. The van der Waals surface area contributed by atoms with E-state index in [1.807, 2.05) is 31.2 Å². The fourth-order valence-corrected chi connectivity index (χ4v) is 5.55. The van der Waals surface area contributed by atoms with E-state index in [1.165, 1.54) is 23.1 Å². The third kappa shape index (κ3) is 7.60. The molecular weight excluding hydrogens is 521 g/mol. The molecule has 0 heterocycles. The van der Waals surface area contributed by atoms with Gasteiger partial charge in [0.15, 0.2) is 0 Å². The first kappa shape index (κ1) is 28.3. The lowest BCUT2D eigenvalue weighted by Crippen LogP contribution is -2.53. The second-order valence-corrected chi connectivity index (χ2v) is 12.1. The van der Waals surface area contributed by atoms with E-state index < -0.39 is 28.5 Å². The normalized spacial score (nSPS) is 15.2. The average Bonchev–Trinajstić information content (AvgIpc) is 2.82. The lowest BCUT2D eigenvalue weighted by molar-refractivity contribution is -0.139. The zero-order chi connectivity index (χ0) is 26.5. The van der Waals surface area contributed by atoms with E-state index in [9.17, 15) is 18.0 Å². The van der Waals surface area contributed by atoms with Gasteiger partial charge >= 0.3 is 0 Å². The van der Waals surface area contributed by atoms with Crippen molar-refractivity contribution in [3.63, 3.8) is 0 Å². The van der Waals surface area contributed by atoms with Crippen LogP contribution in [-0.4, -0.2) is 50.0 Å². The number of nitrogens with zero attached hydrogens (tertiary/aromatic N) is 2. The van der Waals surface area contributed by atoms with Crippen molar-refractivity contribution in [2.75, 3.05) is 17.1 Å². The first-order valence-electron chi connectivity index (χ1n) is 12.0. The standard InChI is InChI=1S/C26H33Cl2N3O4S/c1-18-8-7-9-20(14-18)16-30(19(2)26(33)29-21-10-5-4-6-11-21)25(32)17-31(36(3,34)35)22-12-13-23(27)24(28)15-22/h7-9,12-15,19,21H,4-6,10-11,16-17H2,1-3H3,(H,29,33)/t19-/m0/s1. The van der Waals surface area contributed by atoms with Gasteiger partial charge in [-0.15, -0.1) is 0 Å². The Bertz CT molecular complexity index is 1200. The summed E-state index contributed by atoms with van der Waals surface area (Å²) >= 11 is 12.1. The molecule has 2 amide bonds. The molecule has 1 fully saturated rings. The lowest BCUT2D eigenvalue weighted by Gasteiger charge is -2.33. The summed E-state index contributed by atoms with van der Waals surface area (Å²) < 4.78 is 26.3. The first-order valence-corrected chi connectivity index (χ1v) is 14.6. The van der Waals surface area contributed by atoms with Crippen molar-refractivity contribution in [2.24, 2.45) is 0 Å². The highest BCUT2D eigenvalue weighted by atomic mass is 35.5. The van der Waals surface area contributed by atoms with Crippen LogP contribution in [-0.2, 0) is 26.2 Å². The van der Waals surface area contributed by atoms with Crippen molar-refractivity contribution >= 4 is 50.7 Å². The van der Waals surface area contributed by atoms with Crippen LogP contribution >= 0.6 is 23.2 Å². The maximum atomic E-state index is 13.6. The van der Waals surface area contributed by atoms with Gasteiger partial charge in [-0.25, -0.2) is 8.42 Å². The molecule has 10 heteroatoms. The topological polar surface area (TPSA) is 86.8 Å². The van der Waals surface area contributed by atoms with Crippen LogP contribution in [0.3, 0.4) is 0 Å². The second-order valence-electron chi connectivity index (χ2n) is 9.40. The number of aryl methyl sites for hydroxylation is 1. The molecule has 1 saturated carbocycles. The Kier molecular flexibility index (Phi) is 9.66. The molecule has 3 rings (SSSR count). The Hall–Kier alpha value is -2.29. The number of benzene rings is 2. The van der Waals surface area contributed by atoms with Gasteiger partial charge in [-0.05, 0) is 50.5 Å². The third-order valence-electron chi connectivity index (χ3n) is 6.42. The zero-order valence-corrected chi connectivity index (χ0v) is 23.2. The smallest absolute Gasteiger partial charge is 0.244 e. The highest BCUT2D eigenvalue weighted by Crippen LogP contribution is 2.28. The fraction of sp³-hybridized carbons (Fsp3) is 0.462.